The lowest BCUT2D eigenvalue weighted by Gasteiger charge is -2.35. The first-order valence-electron chi connectivity index (χ1n) is 7.20. The molecule has 1 amide bonds. The number of anilines is 1. The standard InChI is InChI=1S/C14H21BrN4O2/c1-9-6-4-5-7-19(9)13(20)10(2)17-11-8-16-18(3)14(21)12(11)15/h8-10,17H,4-7H2,1-3H3. The third-order valence-electron chi connectivity index (χ3n) is 3.91. The van der Waals surface area contributed by atoms with Gasteiger partial charge in [0.25, 0.3) is 5.56 Å². The lowest BCUT2D eigenvalue weighted by molar-refractivity contribution is -0.134. The van der Waals surface area contributed by atoms with Crippen LogP contribution in [0.3, 0.4) is 0 Å². The van der Waals surface area contributed by atoms with Gasteiger partial charge in [-0.3, -0.25) is 9.59 Å². The van der Waals surface area contributed by atoms with Crippen LogP contribution in [-0.4, -0.2) is 39.2 Å². The first kappa shape index (κ1) is 16.0. The van der Waals surface area contributed by atoms with Crippen LogP contribution in [0.25, 0.3) is 0 Å². The SMILES string of the molecule is CC(Nc1cnn(C)c(=O)c1Br)C(=O)N1CCCCC1C. The molecule has 1 aromatic rings. The van der Waals surface area contributed by atoms with Crippen LogP contribution in [-0.2, 0) is 11.8 Å². The highest BCUT2D eigenvalue weighted by Crippen LogP contribution is 2.20. The Balaban J connectivity index is 2.10. The number of halogens is 1. The van der Waals surface area contributed by atoms with Crippen molar-refractivity contribution >= 4 is 27.5 Å². The molecule has 1 saturated heterocycles. The Morgan fingerprint density at radius 3 is 2.90 bits per heavy atom. The molecular formula is C14H21BrN4O2. The van der Waals surface area contributed by atoms with Crippen molar-refractivity contribution in [1.29, 1.82) is 0 Å². The molecule has 0 radical (unpaired) electrons. The molecule has 6 nitrogen and oxygen atoms in total. The number of hydrogen-bond acceptors (Lipinski definition) is 4. The second kappa shape index (κ2) is 6.60. The van der Waals surface area contributed by atoms with Gasteiger partial charge in [0.05, 0.1) is 11.9 Å². The van der Waals surface area contributed by atoms with E-state index in [9.17, 15) is 9.59 Å². The number of likely N-dealkylation sites (tertiary alicyclic amines) is 1. The summed E-state index contributed by atoms with van der Waals surface area (Å²) in [4.78, 5) is 26.3. The second-order valence-corrected chi connectivity index (χ2v) is 6.34. The minimum atomic E-state index is -0.393. The normalized spacial score (nSPS) is 20.2. The predicted molar refractivity (Wildman–Crippen MR) is 85.3 cm³/mol. The van der Waals surface area contributed by atoms with E-state index in [4.69, 9.17) is 0 Å². The first-order chi connectivity index (χ1) is 9.91. The van der Waals surface area contributed by atoms with E-state index < -0.39 is 6.04 Å². The summed E-state index contributed by atoms with van der Waals surface area (Å²) in [6.07, 6.45) is 4.83. The molecule has 0 spiro atoms. The van der Waals surface area contributed by atoms with Crippen molar-refractivity contribution in [3.8, 4) is 0 Å². The van der Waals surface area contributed by atoms with Gasteiger partial charge in [0.1, 0.15) is 10.5 Å². The monoisotopic (exact) mass is 356 g/mol. The molecule has 0 aliphatic carbocycles. The van der Waals surface area contributed by atoms with Gasteiger partial charge in [-0.1, -0.05) is 0 Å². The third-order valence-corrected chi connectivity index (χ3v) is 4.67. The Labute approximate surface area is 132 Å². The Morgan fingerprint density at radius 2 is 2.24 bits per heavy atom. The number of rotatable bonds is 3. The van der Waals surface area contributed by atoms with E-state index in [1.165, 1.54) is 11.1 Å². The average molecular weight is 357 g/mol. The maximum Gasteiger partial charge on any atom is 0.282 e. The molecule has 1 aliphatic heterocycles. The van der Waals surface area contributed by atoms with Gasteiger partial charge in [0.15, 0.2) is 0 Å². The first-order valence-corrected chi connectivity index (χ1v) is 8.00. The number of hydrogen-bond donors (Lipinski definition) is 1. The fourth-order valence-corrected chi connectivity index (χ4v) is 3.05. The molecule has 7 heteroatoms. The van der Waals surface area contributed by atoms with E-state index in [0.29, 0.717) is 10.2 Å². The molecule has 116 valence electrons. The number of aromatic nitrogens is 2. The average Bonchev–Trinajstić information content (AvgIpc) is 2.47. The molecule has 21 heavy (non-hydrogen) atoms. The number of carbonyl (C=O) groups excluding carboxylic acids is 1. The molecule has 0 bridgehead atoms. The Hall–Kier alpha value is -1.37. The predicted octanol–water partition coefficient (Wildman–Crippen LogP) is 1.74. The summed E-state index contributed by atoms with van der Waals surface area (Å²) in [5.41, 5.74) is 0.314. The number of piperidine rings is 1. The second-order valence-electron chi connectivity index (χ2n) is 5.54. The van der Waals surface area contributed by atoms with Crippen LogP contribution in [0.2, 0.25) is 0 Å². The zero-order valence-electron chi connectivity index (χ0n) is 12.6. The topological polar surface area (TPSA) is 67.2 Å². The molecule has 1 aliphatic rings. The van der Waals surface area contributed by atoms with Gasteiger partial charge in [-0.15, -0.1) is 0 Å². The number of aryl methyl sites for hydroxylation is 1. The summed E-state index contributed by atoms with van der Waals surface area (Å²) < 4.78 is 1.64. The summed E-state index contributed by atoms with van der Waals surface area (Å²) in [5, 5.41) is 7.05. The number of amides is 1. The summed E-state index contributed by atoms with van der Waals surface area (Å²) in [6, 6.07) is -0.114. The van der Waals surface area contributed by atoms with Gasteiger partial charge >= 0.3 is 0 Å². The minimum Gasteiger partial charge on any atom is -0.372 e. The van der Waals surface area contributed by atoms with Gasteiger partial charge in [-0.05, 0) is 49.0 Å². The van der Waals surface area contributed by atoms with Gasteiger partial charge in [0, 0.05) is 19.6 Å². The van der Waals surface area contributed by atoms with E-state index in [2.05, 4.69) is 33.3 Å². The highest BCUT2D eigenvalue weighted by molar-refractivity contribution is 9.10. The molecule has 2 rings (SSSR count). The molecule has 2 unspecified atom stereocenters. The van der Waals surface area contributed by atoms with Crippen LogP contribution in [0.1, 0.15) is 33.1 Å². The van der Waals surface area contributed by atoms with Crippen molar-refractivity contribution in [1.82, 2.24) is 14.7 Å². The summed E-state index contributed by atoms with van der Waals surface area (Å²) in [7, 11) is 1.58. The van der Waals surface area contributed by atoms with E-state index in [0.717, 1.165) is 19.4 Å². The van der Waals surface area contributed by atoms with E-state index in [1.54, 1.807) is 13.2 Å². The fourth-order valence-electron chi connectivity index (χ4n) is 2.58. The van der Waals surface area contributed by atoms with Crippen molar-refractivity contribution in [3.63, 3.8) is 0 Å². The molecule has 2 heterocycles. The smallest absolute Gasteiger partial charge is 0.282 e. The number of nitrogens with one attached hydrogen (secondary N) is 1. The highest BCUT2D eigenvalue weighted by atomic mass is 79.9. The zero-order chi connectivity index (χ0) is 15.6. The quantitative estimate of drug-likeness (QED) is 0.895. The molecule has 2 atom stereocenters. The number of carbonyl (C=O) groups is 1. The molecule has 1 fully saturated rings. The zero-order valence-corrected chi connectivity index (χ0v) is 14.2. The Bertz CT molecular complexity index is 587. The lowest BCUT2D eigenvalue weighted by atomic mass is 10.0. The summed E-state index contributed by atoms with van der Waals surface area (Å²) >= 11 is 3.26. The van der Waals surface area contributed by atoms with Gasteiger partial charge in [0.2, 0.25) is 5.91 Å². The molecule has 1 N–H and O–H groups in total. The van der Waals surface area contributed by atoms with E-state index in [-0.39, 0.29) is 17.5 Å². The van der Waals surface area contributed by atoms with Crippen molar-refractivity contribution < 1.29 is 4.79 Å². The van der Waals surface area contributed by atoms with Gasteiger partial charge in [-0.2, -0.15) is 5.10 Å². The maximum absolute atomic E-state index is 12.5. The number of nitrogens with zero attached hydrogens (tertiary/aromatic N) is 3. The summed E-state index contributed by atoms with van der Waals surface area (Å²) in [5.74, 6) is 0.0646. The van der Waals surface area contributed by atoms with Crippen LogP contribution in [0.15, 0.2) is 15.5 Å². The fraction of sp³-hybridized carbons (Fsp3) is 0.643. The van der Waals surface area contributed by atoms with Crippen molar-refractivity contribution in [2.45, 2.75) is 45.2 Å². The summed E-state index contributed by atoms with van der Waals surface area (Å²) in [6.45, 7) is 4.70. The van der Waals surface area contributed by atoms with E-state index in [1.807, 2.05) is 11.8 Å². The Morgan fingerprint density at radius 1 is 1.52 bits per heavy atom. The molecule has 0 saturated carbocycles. The lowest BCUT2D eigenvalue weighted by Crippen LogP contribution is -2.48. The van der Waals surface area contributed by atoms with Crippen molar-refractivity contribution in [2.24, 2.45) is 7.05 Å². The van der Waals surface area contributed by atoms with Crippen LogP contribution in [0, 0.1) is 0 Å². The van der Waals surface area contributed by atoms with Crippen LogP contribution in [0.5, 0.6) is 0 Å². The third kappa shape index (κ3) is 3.45. The van der Waals surface area contributed by atoms with Crippen molar-refractivity contribution in [3.05, 3.63) is 21.0 Å². The van der Waals surface area contributed by atoms with Crippen LogP contribution in [0.4, 0.5) is 5.69 Å². The molecule has 0 aromatic carbocycles. The highest BCUT2D eigenvalue weighted by Gasteiger charge is 2.27. The van der Waals surface area contributed by atoms with E-state index >= 15 is 0 Å². The minimum absolute atomic E-state index is 0.0646. The molecule has 1 aromatic heterocycles. The van der Waals surface area contributed by atoms with Crippen LogP contribution >= 0.6 is 15.9 Å². The van der Waals surface area contributed by atoms with Crippen LogP contribution < -0.4 is 10.9 Å². The van der Waals surface area contributed by atoms with Gasteiger partial charge in [-0.25, -0.2) is 4.68 Å². The Kier molecular flexibility index (Phi) is 5.03. The largest absolute Gasteiger partial charge is 0.372 e. The van der Waals surface area contributed by atoms with Crippen molar-refractivity contribution in [2.75, 3.05) is 11.9 Å². The molecular weight excluding hydrogens is 336 g/mol. The maximum atomic E-state index is 12.5. The van der Waals surface area contributed by atoms with Gasteiger partial charge < -0.3 is 10.2 Å².